The number of hydrogen-bond acceptors (Lipinski definition) is 14. The Labute approximate surface area is 445 Å². The van der Waals surface area contributed by atoms with Crippen LogP contribution in [0.4, 0.5) is 25.8 Å². The van der Waals surface area contributed by atoms with E-state index >= 15 is 0 Å². The van der Waals surface area contributed by atoms with Gasteiger partial charge in [0.25, 0.3) is 0 Å². The Kier molecular flexibility index (Phi) is 67.3. The number of esters is 1. The van der Waals surface area contributed by atoms with E-state index in [2.05, 4.69) is 91.8 Å². The van der Waals surface area contributed by atoms with E-state index in [1.807, 2.05) is 62.6 Å². The fourth-order valence-corrected chi connectivity index (χ4v) is 2.57. The molecule has 50 heavy (non-hydrogen) atoms. The van der Waals surface area contributed by atoms with Gasteiger partial charge in [-0.15, -0.1) is 0 Å². The van der Waals surface area contributed by atoms with Crippen molar-refractivity contribution < 1.29 is 192 Å². The molecular formula is C27H42K3N6O8P3S3. The van der Waals surface area contributed by atoms with Crippen LogP contribution in [-0.4, -0.2) is 83.6 Å². The fraction of sp³-hybridized carbons (Fsp3) is 0.370. The standard InChI is InChI=1S/C13H19N3O4.C10H12NO2.C4H10N2O2.3K.3HPS/c1-15-11-5-3-10(4-6-11)9-20-13(18)16(2)7-8-19-12(14)17;1-8(12)13-7-9-3-5-10(11-2)6-4-9;1-6-2-3-8-4(5)7;;;;3*1-2/h3-6,15H,7-9H2,1-2H3,(H2,14,17);3-6,11H,1,7H2,2H3;6H,2-3H2,1H3,(H2,5,7);;;;3*1H/q;-1;;3*+1;;;/p-2. The number of ether oxygens (including phenoxy) is 4. The summed E-state index contributed by atoms with van der Waals surface area (Å²) in [4.78, 5) is 43.3. The van der Waals surface area contributed by atoms with Crippen molar-refractivity contribution in [3.8, 4) is 0 Å². The maximum absolute atomic E-state index is 11.6. The molecule has 0 fully saturated rings. The maximum Gasteiger partial charge on any atom is 1.00 e. The predicted molar refractivity (Wildman–Crippen MR) is 202 cm³/mol. The molecule has 0 radical (unpaired) electrons. The van der Waals surface area contributed by atoms with Gasteiger partial charge in [-0.3, -0.25) is 21.3 Å². The number of anilines is 2. The van der Waals surface area contributed by atoms with Crippen LogP contribution in [0.5, 0.6) is 0 Å². The largest absolute Gasteiger partial charge is 1.00 e. The van der Waals surface area contributed by atoms with Crippen molar-refractivity contribution in [1.29, 1.82) is 0 Å². The summed E-state index contributed by atoms with van der Waals surface area (Å²) in [5.41, 5.74) is 16.7. The van der Waals surface area contributed by atoms with Gasteiger partial charge in [0.1, 0.15) is 26.4 Å². The Morgan fingerprint density at radius 1 is 0.680 bits per heavy atom. The van der Waals surface area contributed by atoms with Crippen LogP contribution in [0.1, 0.15) is 11.1 Å². The normalized spacial score (nSPS) is 7.92. The summed E-state index contributed by atoms with van der Waals surface area (Å²) in [6, 6.07) is 15.1. The Morgan fingerprint density at radius 3 is 1.36 bits per heavy atom. The molecule has 0 aliphatic carbocycles. The molecular weight excluding hydrogens is 843 g/mol. The van der Waals surface area contributed by atoms with Crippen LogP contribution in [-0.2, 0) is 72.4 Å². The number of rotatable bonds is 12. The van der Waals surface area contributed by atoms with Gasteiger partial charge in [0.15, 0.2) is 5.97 Å². The number of likely N-dealkylation sites (N-methyl/N-ethyl adjacent to an activating group) is 2. The van der Waals surface area contributed by atoms with Crippen molar-refractivity contribution in [2.75, 3.05) is 65.1 Å². The number of benzene rings is 2. The van der Waals surface area contributed by atoms with Crippen LogP contribution in [0, 0.1) is 6.92 Å². The second-order valence-corrected chi connectivity index (χ2v) is 7.91. The zero-order valence-electron chi connectivity index (χ0n) is 29.5. The van der Waals surface area contributed by atoms with Gasteiger partial charge in [0.2, 0.25) is 12.2 Å². The predicted octanol–water partition coefficient (Wildman–Crippen LogP) is -2.73. The molecule has 0 aliphatic heterocycles. The Morgan fingerprint density at radius 2 is 1.04 bits per heavy atom. The third kappa shape index (κ3) is 45.8. The molecule has 3 amide bonds. The molecule has 2 rings (SSSR count). The molecule has 14 nitrogen and oxygen atoms in total. The first-order valence-electron chi connectivity index (χ1n) is 12.9. The van der Waals surface area contributed by atoms with Gasteiger partial charge in [-0.25, -0.2) is 4.79 Å². The molecule has 0 saturated carbocycles. The fourth-order valence-electron chi connectivity index (χ4n) is 2.57. The molecule has 0 bridgehead atoms. The van der Waals surface area contributed by atoms with Gasteiger partial charge in [-0.05, 0) is 66.5 Å². The maximum atomic E-state index is 11.6. The molecule has 2 aromatic rings. The number of hydrogen-bond donors (Lipinski definition) is 3. The number of nitrogens with one attached hydrogen (secondary N) is 5. The number of carbonyl (C=O) groups excluding carboxylic acids is 4. The van der Waals surface area contributed by atoms with Gasteiger partial charge in [-0.1, -0.05) is 59.7 Å². The first kappa shape index (κ1) is 66.4. The number of carbonyl (C=O) groups is 4. The van der Waals surface area contributed by atoms with Crippen molar-refractivity contribution in [2.45, 2.75) is 13.2 Å². The molecule has 0 spiro atoms. The average Bonchev–Trinajstić information content (AvgIpc) is 3.09. The minimum atomic E-state index is -1.11. The molecule has 0 unspecified atom stereocenters. The third-order valence-corrected chi connectivity index (χ3v) is 4.80. The van der Waals surface area contributed by atoms with Gasteiger partial charge in [0, 0.05) is 39.1 Å². The molecule has 0 atom stereocenters. The zero-order chi connectivity index (χ0) is 37.0. The van der Waals surface area contributed by atoms with Crippen molar-refractivity contribution in [3.05, 3.63) is 78.0 Å². The van der Waals surface area contributed by atoms with Gasteiger partial charge in [0.05, 0.1) is 6.54 Å². The summed E-state index contributed by atoms with van der Waals surface area (Å²) in [5.74, 6) is -0.502. The quantitative estimate of drug-likeness (QED) is 0.0498. The molecule has 0 saturated heterocycles. The number of amides is 3. The molecule has 0 aromatic heterocycles. The summed E-state index contributed by atoms with van der Waals surface area (Å²) in [6.45, 7) is 4.61. The van der Waals surface area contributed by atoms with Gasteiger partial charge < -0.3 is 51.3 Å². The molecule has 2 aromatic carbocycles. The summed E-state index contributed by atoms with van der Waals surface area (Å²) in [5, 5.41) is 8.76. The summed E-state index contributed by atoms with van der Waals surface area (Å²) < 4.78 is 18.5. The second kappa shape index (κ2) is 50.6. The van der Waals surface area contributed by atoms with Crippen LogP contribution in [0.3, 0.4) is 0 Å². The van der Waals surface area contributed by atoms with Crippen molar-refractivity contribution >= 4 is 95.1 Å². The Balaban J connectivity index is -0.000000107. The average molecular weight is 885 g/mol. The van der Waals surface area contributed by atoms with Crippen LogP contribution in [0.2, 0.25) is 0 Å². The van der Waals surface area contributed by atoms with E-state index in [-0.39, 0.29) is 187 Å². The Bertz CT molecular complexity index is 1130. The summed E-state index contributed by atoms with van der Waals surface area (Å²) >= 11 is 11.7. The minimum Gasteiger partial charge on any atom is -0.632 e. The summed E-state index contributed by atoms with van der Waals surface area (Å²) in [6.07, 6.45) is -2.60. The topological polar surface area (TPSA) is 192 Å². The van der Waals surface area contributed by atoms with Crippen molar-refractivity contribution in [1.82, 2.24) is 10.2 Å². The molecule has 23 heteroatoms. The SMILES string of the molecule is CNCCOC([NH-])=O.CNc1ccc(COC(=O)N(C)CCOC([NH-])=O)cc1.P=S.P=S.P=S.[CH2-]C(=O)OCc1ccc(NC)cc1.[K+].[K+].[K+]. The van der Waals surface area contributed by atoms with E-state index < -0.39 is 24.2 Å². The first-order chi connectivity index (χ1) is 22.5. The molecule has 0 heterocycles. The molecule has 5 N–H and O–H groups in total. The zero-order valence-corrected chi connectivity index (χ0v) is 44.3. The van der Waals surface area contributed by atoms with Gasteiger partial charge in [-0.2, -0.15) is 0 Å². The van der Waals surface area contributed by atoms with Crippen LogP contribution in [0.25, 0.3) is 11.5 Å². The van der Waals surface area contributed by atoms with E-state index in [4.69, 9.17) is 20.9 Å². The summed E-state index contributed by atoms with van der Waals surface area (Å²) in [7, 11) is 14.6. The van der Waals surface area contributed by atoms with E-state index in [0.717, 1.165) is 22.5 Å². The van der Waals surface area contributed by atoms with Crippen molar-refractivity contribution in [2.24, 2.45) is 0 Å². The van der Waals surface area contributed by atoms with E-state index in [0.29, 0.717) is 6.54 Å². The minimum absolute atomic E-state index is 0. The van der Waals surface area contributed by atoms with Crippen LogP contribution in [0.15, 0.2) is 48.5 Å². The van der Waals surface area contributed by atoms with E-state index in [9.17, 15) is 19.2 Å². The molecule has 0 aliphatic rings. The first-order valence-corrected chi connectivity index (χ1v) is 17.8. The second-order valence-electron chi connectivity index (χ2n) is 7.91. The third-order valence-electron chi connectivity index (χ3n) is 4.80. The van der Waals surface area contributed by atoms with Crippen molar-refractivity contribution in [3.63, 3.8) is 0 Å². The Hall–Kier alpha value is 1.62. The van der Waals surface area contributed by atoms with Gasteiger partial charge >= 0.3 is 160 Å². The van der Waals surface area contributed by atoms with E-state index in [1.54, 1.807) is 7.05 Å². The van der Waals surface area contributed by atoms with Crippen LogP contribution < -0.4 is 170 Å². The smallest absolute Gasteiger partial charge is 0.632 e. The van der Waals surface area contributed by atoms with Crippen LogP contribution >= 0.6 is 24.0 Å². The number of nitrogens with zero attached hydrogens (tertiary/aromatic N) is 1. The monoisotopic (exact) mass is 884 g/mol. The van der Waals surface area contributed by atoms with E-state index in [1.165, 1.54) is 11.9 Å². The molecule has 264 valence electrons.